The molecule has 1 aromatic carbocycles. The topological polar surface area (TPSA) is 58.2 Å². The van der Waals surface area contributed by atoms with E-state index in [9.17, 15) is 8.42 Å². The van der Waals surface area contributed by atoms with Gasteiger partial charge in [-0.3, -0.25) is 0 Å². The Morgan fingerprint density at radius 3 is 2.80 bits per heavy atom. The first kappa shape index (κ1) is 10.7. The standard InChI is InChI=1S/C8H7ClN2O2S2/c9-15(12,13)6-3-1-2-5-4-10-8(14)11-7(5)6/h1-3H,4H2,(H2,10,11,14). The molecule has 7 heteroatoms. The molecule has 0 aromatic heterocycles. The van der Waals surface area contributed by atoms with E-state index in [4.69, 9.17) is 22.9 Å². The molecule has 0 radical (unpaired) electrons. The minimum atomic E-state index is -3.75. The molecule has 2 N–H and O–H groups in total. The average molecular weight is 263 g/mol. The maximum atomic E-state index is 11.3. The number of benzene rings is 1. The largest absolute Gasteiger partial charge is 0.358 e. The molecule has 1 aliphatic rings. The molecule has 0 unspecified atom stereocenters. The van der Waals surface area contributed by atoms with Gasteiger partial charge in [0.2, 0.25) is 0 Å². The third-order valence-electron chi connectivity index (χ3n) is 2.05. The van der Waals surface area contributed by atoms with Gasteiger partial charge < -0.3 is 10.6 Å². The Labute approximate surface area is 97.0 Å². The molecule has 1 aromatic rings. The highest BCUT2D eigenvalue weighted by Gasteiger charge is 2.21. The Kier molecular flexibility index (Phi) is 2.57. The smallest absolute Gasteiger partial charge is 0.263 e. The number of fused-ring (bicyclic) bond motifs is 1. The summed E-state index contributed by atoms with van der Waals surface area (Å²) in [7, 11) is 1.57. The zero-order valence-electron chi connectivity index (χ0n) is 7.45. The van der Waals surface area contributed by atoms with Crippen LogP contribution < -0.4 is 10.6 Å². The summed E-state index contributed by atoms with van der Waals surface area (Å²) in [6.45, 7) is 0.501. The van der Waals surface area contributed by atoms with Crippen LogP contribution in [0.1, 0.15) is 5.56 Å². The van der Waals surface area contributed by atoms with E-state index in [0.29, 0.717) is 17.3 Å². The number of thiocarbonyl (C=S) groups is 1. The van der Waals surface area contributed by atoms with Gasteiger partial charge in [-0.25, -0.2) is 8.42 Å². The van der Waals surface area contributed by atoms with Crippen LogP contribution in [0.2, 0.25) is 0 Å². The lowest BCUT2D eigenvalue weighted by atomic mass is 10.1. The zero-order valence-corrected chi connectivity index (χ0v) is 9.84. The first-order chi connectivity index (χ1) is 6.98. The Morgan fingerprint density at radius 1 is 1.40 bits per heavy atom. The van der Waals surface area contributed by atoms with E-state index < -0.39 is 9.05 Å². The van der Waals surface area contributed by atoms with Crippen molar-refractivity contribution in [3.63, 3.8) is 0 Å². The number of hydrogen-bond donors (Lipinski definition) is 2. The fraction of sp³-hybridized carbons (Fsp3) is 0.125. The Balaban J connectivity index is 2.64. The highest BCUT2D eigenvalue weighted by molar-refractivity contribution is 8.13. The number of rotatable bonds is 1. The SMILES string of the molecule is O=S(=O)(Cl)c1cccc2c1NC(=S)NC2. The van der Waals surface area contributed by atoms with E-state index in [2.05, 4.69) is 10.6 Å². The Hall–Kier alpha value is -0.850. The van der Waals surface area contributed by atoms with Crippen LogP contribution in [0.15, 0.2) is 23.1 Å². The van der Waals surface area contributed by atoms with E-state index in [1.165, 1.54) is 6.07 Å². The molecule has 0 saturated carbocycles. The maximum absolute atomic E-state index is 11.3. The van der Waals surface area contributed by atoms with Gasteiger partial charge in [-0.15, -0.1) is 0 Å². The van der Waals surface area contributed by atoms with Gasteiger partial charge >= 0.3 is 0 Å². The van der Waals surface area contributed by atoms with Crippen LogP contribution in [0, 0.1) is 0 Å². The Bertz CT molecular complexity index is 527. The lowest BCUT2D eigenvalue weighted by Gasteiger charge is -2.21. The minimum absolute atomic E-state index is 0.0607. The number of nitrogens with one attached hydrogen (secondary N) is 2. The second-order valence-corrected chi connectivity index (χ2v) is 5.98. The highest BCUT2D eigenvalue weighted by atomic mass is 35.7. The van der Waals surface area contributed by atoms with E-state index in [1.54, 1.807) is 6.07 Å². The van der Waals surface area contributed by atoms with Crippen molar-refractivity contribution >= 4 is 42.8 Å². The van der Waals surface area contributed by atoms with Crippen LogP contribution in [-0.4, -0.2) is 13.5 Å². The first-order valence-electron chi connectivity index (χ1n) is 4.10. The van der Waals surface area contributed by atoms with Crippen LogP contribution in [0.25, 0.3) is 0 Å². The van der Waals surface area contributed by atoms with Gasteiger partial charge in [0.05, 0.1) is 5.69 Å². The maximum Gasteiger partial charge on any atom is 0.263 e. The van der Waals surface area contributed by atoms with Crippen molar-refractivity contribution in [2.45, 2.75) is 11.4 Å². The molecular formula is C8H7ClN2O2S2. The molecule has 1 heterocycles. The third-order valence-corrected chi connectivity index (χ3v) is 3.66. The first-order valence-corrected chi connectivity index (χ1v) is 6.81. The molecule has 2 rings (SSSR count). The van der Waals surface area contributed by atoms with Crippen molar-refractivity contribution in [1.29, 1.82) is 0 Å². The number of anilines is 1. The van der Waals surface area contributed by atoms with Gasteiger partial charge in [-0.05, 0) is 23.8 Å². The molecule has 1 aliphatic heterocycles. The summed E-state index contributed by atoms with van der Waals surface area (Å²) in [6, 6.07) is 4.90. The van der Waals surface area contributed by atoms with E-state index in [1.807, 2.05) is 6.07 Å². The van der Waals surface area contributed by atoms with Gasteiger partial charge in [0, 0.05) is 17.2 Å². The molecule has 0 aliphatic carbocycles. The molecule has 80 valence electrons. The second kappa shape index (κ2) is 3.62. The van der Waals surface area contributed by atoms with Crippen LogP contribution in [0.5, 0.6) is 0 Å². The van der Waals surface area contributed by atoms with E-state index in [0.717, 1.165) is 5.56 Å². The van der Waals surface area contributed by atoms with Gasteiger partial charge in [0.1, 0.15) is 4.90 Å². The summed E-state index contributed by atoms with van der Waals surface area (Å²) in [4.78, 5) is 0.0607. The van der Waals surface area contributed by atoms with Crippen molar-refractivity contribution in [3.8, 4) is 0 Å². The monoisotopic (exact) mass is 262 g/mol. The second-order valence-electron chi connectivity index (χ2n) is 3.04. The molecule has 15 heavy (non-hydrogen) atoms. The predicted molar refractivity (Wildman–Crippen MR) is 62.5 cm³/mol. The molecule has 0 saturated heterocycles. The van der Waals surface area contributed by atoms with Crippen molar-refractivity contribution in [1.82, 2.24) is 5.32 Å². The summed E-state index contributed by atoms with van der Waals surface area (Å²) in [5, 5.41) is 6.09. The molecule has 0 spiro atoms. The third kappa shape index (κ3) is 2.06. The van der Waals surface area contributed by atoms with Crippen LogP contribution in [-0.2, 0) is 15.6 Å². The normalized spacial score (nSPS) is 15.1. The van der Waals surface area contributed by atoms with Crippen LogP contribution >= 0.6 is 22.9 Å². The lowest BCUT2D eigenvalue weighted by Crippen LogP contribution is -2.33. The highest BCUT2D eigenvalue weighted by Crippen LogP contribution is 2.29. The van der Waals surface area contributed by atoms with Crippen molar-refractivity contribution in [2.24, 2.45) is 0 Å². The molecular weight excluding hydrogens is 256 g/mol. The number of para-hydroxylation sites is 1. The van der Waals surface area contributed by atoms with Gasteiger partial charge in [0.25, 0.3) is 9.05 Å². The lowest BCUT2D eigenvalue weighted by molar-refractivity contribution is 0.609. The summed E-state index contributed by atoms with van der Waals surface area (Å²) in [5.41, 5.74) is 1.29. The van der Waals surface area contributed by atoms with Crippen molar-refractivity contribution in [3.05, 3.63) is 23.8 Å². The number of halogens is 1. The van der Waals surface area contributed by atoms with Crippen molar-refractivity contribution < 1.29 is 8.42 Å². The molecule has 0 amide bonds. The van der Waals surface area contributed by atoms with E-state index >= 15 is 0 Å². The zero-order chi connectivity index (χ0) is 11.1. The van der Waals surface area contributed by atoms with Gasteiger partial charge in [0.15, 0.2) is 5.11 Å². The minimum Gasteiger partial charge on any atom is -0.358 e. The van der Waals surface area contributed by atoms with Gasteiger partial charge in [-0.2, -0.15) is 0 Å². The average Bonchev–Trinajstić information content (AvgIpc) is 2.15. The fourth-order valence-corrected chi connectivity index (χ4v) is 2.63. The van der Waals surface area contributed by atoms with Crippen LogP contribution in [0.4, 0.5) is 5.69 Å². The summed E-state index contributed by atoms with van der Waals surface area (Å²) >= 11 is 4.90. The molecule has 4 nitrogen and oxygen atoms in total. The summed E-state index contributed by atoms with van der Waals surface area (Å²) < 4.78 is 22.5. The molecule has 0 fully saturated rings. The molecule has 0 atom stereocenters. The Morgan fingerprint density at radius 2 is 2.13 bits per heavy atom. The summed E-state index contributed by atoms with van der Waals surface area (Å²) in [5.74, 6) is 0. The fourth-order valence-electron chi connectivity index (χ4n) is 1.40. The summed E-state index contributed by atoms with van der Waals surface area (Å²) in [6.07, 6.45) is 0. The van der Waals surface area contributed by atoms with Crippen LogP contribution in [0.3, 0.4) is 0 Å². The van der Waals surface area contributed by atoms with Crippen molar-refractivity contribution in [2.75, 3.05) is 5.32 Å². The van der Waals surface area contributed by atoms with E-state index in [-0.39, 0.29) is 4.90 Å². The quantitative estimate of drug-likeness (QED) is 0.592. The predicted octanol–water partition coefficient (Wildman–Crippen LogP) is 1.41. The molecule has 0 bridgehead atoms. The van der Waals surface area contributed by atoms with Gasteiger partial charge in [-0.1, -0.05) is 12.1 Å². The number of hydrogen-bond acceptors (Lipinski definition) is 3.